The number of para-hydroxylation sites is 1. The van der Waals surface area contributed by atoms with Crippen molar-refractivity contribution in [3.63, 3.8) is 0 Å². The third kappa shape index (κ3) is 1.35. The Bertz CT molecular complexity index is 1030. The molecule has 1 aliphatic rings. The van der Waals surface area contributed by atoms with Crippen molar-refractivity contribution >= 4 is 21.8 Å². The summed E-state index contributed by atoms with van der Waals surface area (Å²) in [4.78, 5) is 0. The van der Waals surface area contributed by atoms with Gasteiger partial charge in [0.2, 0.25) is 11.8 Å². The van der Waals surface area contributed by atoms with Gasteiger partial charge >= 0.3 is 0 Å². The Labute approximate surface area is 121 Å². The molecule has 2 heterocycles. The highest BCUT2D eigenvalue weighted by Crippen LogP contribution is 2.41. The first-order chi connectivity index (χ1) is 10.3. The van der Waals surface area contributed by atoms with Crippen LogP contribution in [0.2, 0.25) is 0 Å². The van der Waals surface area contributed by atoms with E-state index in [1.807, 2.05) is 12.1 Å². The van der Waals surface area contributed by atoms with Crippen LogP contribution in [0.5, 0.6) is 11.5 Å². The van der Waals surface area contributed by atoms with Crippen LogP contribution >= 0.6 is 0 Å². The molecule has 3 heteroatoms. The van der Waals surface area contributed by atoms with Crippen molar-refractivity contribution < 1.29 is 9.30 Å². The van der Waals surface area contributed by atoms with E-state index in [1.54, 1.807) is 0 Å². The molecular formula is C18H13N2O+. The first kappa shape index (κ1) is 10.9. The summed E-state index contributed by atoms with van der Waals surface area (Å²) in [5, 5.41) is 2.42. The highest BCUT2D eigenvalue weighted by atomic mass is 16.5. The smallest absolute Gasteiger partial charge is 0.250 e. The number of benzene rings is 3. The molecular weight excluding hydrogens is 260 g/mol. The fraction of sp³-hybridized carbons (Fsp3) is 0.0556. The van der Waals surface area contributed by atoms with Crippen LogP contribution < -0.4 is 9.30 Å². The molecule has 0 aliphatic carbocycles. The van der Waals surface area contributed by atoms with Crippen LogP contribution in [0.15, 0.2) is 60.9 Å². The molecule has 0 unspecified atom stereocenters. The standard InChI is InChI=1S/C18H13N2O/c1-19-11-20-15-9-12-5-2-3-6-13(12)10-17(15)21-16-8-4-7-14(19)18(16)20/h2-11H,1H3/q+1. The van der Waals surface area contributed by atoms with Gasteiger partial charge in [-0.2, -0.15) is 4.57 Å². The Balaban J connectivity index is 1.95. The quantitative estimate of drug-likeness (QED) is 0.393. The largest absolute Gasteiger partial charge is 0.448 e. The van der Waals surface area contributed by atoms with Crippen molar-refractivity contribution in [1.82, 2.24) is 4.57 Å². The lowest BCUT2D eigenvalue weighted by atomic mass is 10.1. The molecule has 3 nitrogen and oxygen atoms in total. The number of hydrogen-bond acceptors (Lipinski definition) is 1. The summed E-state index contributed by atoms with van der Waals surface area (Å²) < 4.78 is 10.5. The molecule has 1 aromatic heterocycles. The number of fused-ring (bicyclic) bond motifs is 3. The molecule has 100 valence electrons. The Morgan fingerprint density at radius 3 is 2.57 bits per heavy atom. The van der Waals surface area contributed by atoms with Gasteiger partial charge in [0, 0.05) is 0 Å². The number of ether oxygens (including phenoxy) is 1. The Morgan fingerprint density at radius 1 is 0.905 bits per heavy atom. The zero-order chi connectivity index (χ0) is 14.0. The maximum atomic E-state index is 6.14. The molecule has 3 aromatic carbocycles. The number of rotatable bonds is 0. The maximum absolute atomic E-state index is 6.14. The van der Waals surface area contributed by atoms with E-state index in [0.717, 1.165) is 22.7 Å². The van der Waals surface area contributed by atoms with Gasteiger partial charge in [0.05, 0.1) is 7.05 Å². The topological polar surface area (TPSA) is 18.0 Å². The average Bonchev–Trinajstić information content (AvgIpc) is 2.85. The fourth-order valence-corrected chi connectivity index (χ4v) is 3.19. The van der Waals surface area contributed by atoms with Crippen molar-refractivity contribution in [1.29, 1.82) is 0 Å². The van der Waals surface area contributed by atoms with Gasteiger partial charge in [-0.15, -0.1) is 0 Å². The Hall–Kier alpha value is -2.81. The molecule has 0 fully saturated rings. The van der Waals surface area contributed by atoms with Crippen LogP contribution in [0.3, 0.4) is 0 Å². The summed E-state index contributed by atoms with van der Waals surface area (Å²) in [7, 11) is 2.06. The molecule has 0 amide bonds. The summed E-state index contributed by atoms with van der Waals surface area (Å²) in [6, 6.07) is 18.9. The molecule has 0 radical (unpaired) electrons. The molecule has 0 spiro atoms. The van der Waals surface area contributed by atoms with Crippen LogP contribution in [-0.4, -0.2) is 4.57 Å². The zero-order valence-corrected chi connectivity index (χ0v) is 11.6. The van der Waals surface area contributed by atoms with Crippen molar-refractivity contribution in [2.24, 2.45) is 7.05 Å². The van der Waals surface area contributed by atoms with Gasteiger partial charge in [-0.05, 0) is 35.0 Å². The lowest BCUT2D eigenvalue weighted by molar-refractivity contribution is -0.645. The molecule has 21 heavy (non-hydrogen) atoms. The molecule has 0 saturated carbocycles. The molecule has 0 N–H and O–H groups in total. The third-order valence-electron chi connectivity index (χ3n) is 4.19. The van der Waals surface area contributed by atoms with Gasteiger partial charge in [0.15, 0.2) is 22.7 Å². The molecule has 4 aromatic rings. The third-order valence-corrected chi connectivity index (χ3v) is 4.19. The summed E-state index contributed by atoms with van der Waals surface area (Å²) in [6.45, 7) is 0. The summed E-state index contributed by atoms with van der Waals surface area (Å²) >= 11 is 0. The van der Waals surface area contributed by atoms with Gasteiger partial charge in [0.1, 0.15) is 0 Å². The van der Waals surface area contributed by atoms with Crippen LogP contribution in [0.4, 0.5) is 0 Å². The fourth-order valence-electron chi connectivity index (χ4n) is 3.19. The van der Waals surface area contributed by atoms with Crippen LogP contribution in [0.1, 0.15) is 0 Å². The first-order valence-corrected chi connectivity index (χ1v) is 7.02. The lowest BCUT2D eigenvalue weighted by Gasteiger charge is -2.15. The van der Waals surface area contributed by atoms with E-state index in [2.05, 4.69) is 65.0 Å². The Kier molecular flexibility index (Phi) is 1.89. The van der Waals surface area contributed by atoms with Crippen molar-refractivity contribution in [2.45, 2.75) is 0 Å². The van der Waals surface area contributed by atoms with Gasteiger partial charge < -0.3 is 4.74 Å². The maximum Gasteiger partial charge on any atom is 0.250 e. The van der Waals surface area contributed by atoms with E-state index >= 15 is 0 Å². The minimum Gasteiger partial charge on any atom is -0.448 e. The number of imidazole rings is 1. The second kappa shape index (κ2) is 3.64. The minimum absolute atomic E-state index is 0.907. The van der Waals surface area contributed by atoms with E-state index in [4.69, 9.17) is 4.74 Å². The summed E-state index contributed by atoms with van der Waals surface area (Å²) in [5.74, 6) is 1.82. The highest BCUT2D eigenvalue weighted by Gasteiger charge is 2.27. The predicted molar refractivity (Wildman–Crippen MR) is 82.0 cm³/mol. The number of hydrogen-bond donors (Lipinski definition) is 0. The van der Waals surface area contributed by atoms with Crippen LogP contribution in [0, 0.1) is 0 Å². The molecule has 1 aliphatic heterocycles. The molecule has 5 rings (SSSR count). The second-order valence-electron chi connectivity index (χ2n) is 5.49. The zero-order valence-electron chi connectivity index (χ0n) is 11.6. The molecule has 0 saturated heterocycles. The molecule has 0 atom stereocenters. The van der Waals surface area contributed by atoms with E-state index in [9.17, 15) is 0 Å². The van der Waals surface area contributed by atoms with Gasteiger partial charge in [-0.1, -0.05) is 30.3 Å². The normalized spacial score (nSPS) is 12.4. The number of aryl methyl sites for hydroxylation is 1. The first-order valence-electron chi connectivity index (χ1n) is 7.02. The highest BCUT2D eigenvalue weighted by molar-refractivity contribution is 5.91. The van der Waals surface area contributed by atoms with Crippen molar-refractivity contribution in [2.75, 3.05) is 0 Å². The van der Waals surface area contributed by atoms with Crippen molar-refractivity contribution in [3.05, 3.63) is 60.9 Å². The summed E-state index contributed by atoms with van der Waals surface area (Å²) in [5.41, 5.74) is 3.40. The summed E-state index contributed by atoms with van der Waals surface area (Å²) in [6.07, 6.45) is 2.12. The molecule has 0 bridgehead atoms. The SMILES string of the molecule is C[n+]1cn2c3c(cccc31)Oc1cc3ccccc3cc1-2. The van der Waals surface area contributed by atoms with Gasteiger partial charge in [-0.3, -0.25) is 0 Å². The lowest BCUT2D eigenvalue weighted by Crippen LogP contribution is -2.25. The van der Waals surface area contributed by atoms with Crippen LogP contribution in [0.25, 0.3) is 27.5 Å². The van der Waals surface area contributed by atoms with Gasteiger partial charge in [-0.25, -0.2) is 4.57 Å². The van der Waals surface area contributed by atoms with Crippen molar-refractivity contribution in [3.8, 4) is 17.2 Å². The van der Waals surface area contributed by atoms with E-state index in [0.29, 0.717) is 0 Å². The second-order valence-corrected chi connectivity index (χ2v) is 5.49. The number of nitrogens with zero attached hydrogens (tertiary/aromatic N) is 2. The monoisotopic (exact) mass is 273 g/mol. The minimum atomic E-state index is 0.907. The van der Waals surface area contributed by atoms with Crippen LogP contribution in [-0.2, 0) is 7.05 Å². The van der Waals surface area contributed by atoms with E-state index in [1.165, 1.54) is 16.3 Å². The predicted octanol–water partition coefficient (Wildman–Crippen LogP) is 3.71. The Morgan fingerprint density at radius 2 is 1.71 bits per heavy atom. The average molecular weight is 273 g/mol. The number of aromatic nitrogens is 2. The van der Waals surface area contributed by atoms with E-state index < -0.39 is 0 Å². The van der Waals surface area contributed by atoms with Gasteiger partial charge in [0.25, 0.3) is 0 Å². The van der Waals surface area contributed by atoms with E-state index in [-0.39, 0.29) is 0 Å².